The molecule has 0 atom stereocenters. The van der Waals surface area contributed by atoms with Crippen LogP contribution in [0.1, 0.15) is 29.0 Å². The van der Waals surface area contributed by atoms with Crippen molar-refractivity contribution in [2.45, 2.75) is 12.3 Å². The molecule has 4 rings (SSSR count). The van der Waals surface area contributed by atoms with Crippen molar-refractivity contribution in [1.82, 2.24) is 10.3 Å². The number of amides is 1. The van der Waals surface area contributed by atoms with Gasteiger partial charge >= 0.3 is 11.8 Å². The summed E-state index contributed by atoms with van der Waals surface area (Å²) in [7, 11) is 0. The molecule has 0 aliphatic heterocycles. The number of nitrogens with zero attached hydrogens (tertiary/aromatic N) is 2. The molecule has 3 aromatic rings. The van der Waals surface area contributed by atoms with Gasteiger partial charge in [0.05, 0.1) is 4.92 Å². The number of nitro groups is 1. The lowest BCUT2D eigenvalue weighted by Gasteiger charge is -2.14. The van der Waals surface area contributed by atoms with E-state index in [1.807, 2.05) is 24.3 Å². The highest BCUT2D eigenvalue weighted by Crippen LogP contribution is 2.44. The lowest BCUT2D eigenvalue weighted by Crippen LogP contribution is -2.26. The molecule has 0 radical (unpaired) electrons. The van der Waals surface area contributed by atoms with E-state index in [0.717, 1.165) is 11.1 Å². The molecule has 0 unspecified atom stereocenters. The van der Waals surface area contributed by atoms with E-state index in [2.05, 4.69) is 34.6 Å². The number of hydrogen-bond donors (Lipinski definition) is 2. The van der Waals surface area contributed by atoms with Crippen LogP contribution in [0.2, 0.25) is 5.15 Å². The molecular weight excluding hydrogens is 444 g/mol. The number of carbonyl (C=O) groups excluding carboxylic acids is 1. The fourth-order valence-electron chi connectivity index (χ4n) is 3.89. The first-order chi connectivity index (χ1) is 16.0. The number of pyridine rings is 1. The molecule has 0 saturated carbocycles. The number of aromatic nitrogens is 1. The van der Waals surface area contributed by atoms with Crippen LogP contribution >= 0.6 is 11.6 Å². The summed E-state index contributed by atoms with van der Waals surface area (Å²) in [4.78, 5) is 26.3. The SMILES string of the molecule is Nc1nc(Cl)c(C=CCCNC(=O)OCC2c3ccccc3-c3ccccc32)cc1[N+](=O)[O-]. The van der Waals surface area contributed by atoms with Crippen LogP contribution in [0.15, 0.2) is 60.7 Å². The first kappa shape index (κ1) is 22.3. The van der Waals surface area contributed by atoms with Crippen LogP contribution in [0, 0.1) is 10.1 Å². The highest BCUT2D eigenvalue weighted by Gasteiger charge is 2.28. The van der Waals surface area contributed by atoms with E-state index in [1.54, 1.807) is 12.2 Å². The zero-order valence-corrected chi connectivity index (χ0v) is 18.3. The normalized spacial score (nSPS) is 12.4. The third kappa shape index (κ3) is 4.80. The molecule has 1 amide bonds. The number of ether oxygens (including phenoxy) is 1. The van der Waals surface area contributed by atoms with Gasteiger partial charge < -0.3 is 15.8 Å². The molecule has 3 N–H and O–H groups in total. The van der Waals surface area contributed by atoms with E-state index in [-0.39, 0.29) is 29.2 Å². The topological polar surface area (TPSA) is 120 Å². The predicted octanol–water partition coefficient (Wildman–Crippen LogP) is 5.17. The third-order valence-corrected chi connectivity index (χ3v) is 5.73. The third-order valence-electron chi connectivity index (χ3n) is 5.43. The fraction of sp³-hybridized carbons (Fsp3) is 0.167. The Bertz CT molecular complexity index is 1200. The van der Waals surface area contributed by atoms with Crippen LogP contribution in [0.5, 0.6) is 0 Å². The summed E-state index contributed by atoms with van der Waals surface area (Å²) in [6.07, 6.45) is 3.29. The maximum Gasteiger partial charge on any atom is 0.407 e. The second-order valence-corrected chi connectivity index (χ2v) is 7.83. The van der Waals surface area contributed by atoms with E-state index in [1.165, 1.54) is 17.2 Å². The van der Waals surface area contributed by atoms with Gasteiger partial charge in [0.25, 0.3) is 0 Å². The first-order valence-electron chi connectivity index (χ1n) is 10.3. The summed E-state index contributed by atoms with van der Waals surface area (Å²) in [5, 5.41) is 13.8. The summed E-state index contributed by atoms with van der Waals surface area (Å²) >= 11 is 5.99. The number of rotatable bonds is 7. The second-order valence-electron chi connectivity index (χ2n) is 7.47. The number of hydrogen-bond acceptors (Lipinski definition) is 6. The van der Waals surface area contributed by atoms with Gasteiger partial charge in [-0.1, -0.05) is 72.3 Å². The van der Waals surface area contributed by atoms with Gasteiger partial charge in [0, 0.05) is 24.1 Å². The maximum absolute atomic E-state index is 12.2. The average Bonchev–Trinajstić information content (AvgIpc) is 3.12. The van der Waals surface area contributed by atoms with Crippen molar-refractivity contribution >= 4 is 35.3 Å². The summed E-state index contributed by atoms with van der Waals surface area (Å²) in [5.74, 6) is -0.238. The zero-order valence-electron chi connectivity index (χ0n) is 17.5. The van der Waals surface area contributed by atoms with Crippen LogP contribution in [-0.2, 0) is 4.74 Å². The van der Waals surface area contributed by atoms with Crippen LogP contribution in [0.25, 0.3) is 17.2 Å². The quantitative estimate of drug-likeness (QED) is 0.215. The summed E-state index contributed by atoms with van der Waals surface area (Å²) in [6, 6.07) is 17.5. The number of fused-ring (bicyclic) bond motifs is 3. The molecule has 0 bridgehead atoms. The molecule has 9 heteroatoms. The Balaban J connectivity index is 1.29. The number of benzene rings is 2. The lowest BCUT2D eigenvalue weighted by molar-refractivity contribution is -0.384. The molecule has 0 fully saturated rings. The van der Waals surface area contributed by atoms with Gasteiger partial charge in [0.15, 0.2) is 0 Å². The second kappa shape index (κ2) is 9.70. The number of nitrogens with one attached hydrogen (secondary N) is 1. The Morgan fingerprint density at radius 1 is 1.18 bits per heavy atom. The maximum atomic E-state index is 12.2. The monoisotopic (exact) mass is 464 g/mol. The number of anilines is 1. The molecule has 1 aliphatic rings. The lowest BCUT2D eigenvalue weighted by atomic mass is 9.98. The van der Waals surface area contributed by atoms with Crippen molar-refractivity contribution in [1.29, 1.82) is 0 Å². The molecular formula is C24H21ClN4O4. The van der Waals surface area contributed by atoms with Crippen molar-refractivity contribution in [3.63, 3.8) is 0 Å². The summed E-state index contributed by atoms with van der Waals surface area (Å²) < 4.78 is 5.48. The molecule has 2 aromatic carbocycles. The van der Waals surface area contributed by atoms with Crippen LogP contribution in [-0.4, -0.2) is 29.2 Å². The highest BCUT2D eigenvalue weighted by molar-refractivity contribution is 6.31. The molecule has 0 spiro atoms. The van der Waals surface area contributed by atoms with Crippen molar-refractivity contribution < 1.29 is 14.5 Å². The van der Waals surface area contributed by atoms with Crippen molar-refractivity contribution in [3.05, 3.63) is 92.6 Å². The number of nitrogen functional groups attached to an aromatic ring is 1. The van der Waals surface area contributed by atoms with Gasteiger partial charge in [-0.2, -0.15) is 0 Å². The standard InChI is InChI=1S/C24H21ClN4O4/c25-22-15(13-21(29(31)32)23(26)28-22)7-5-6-12-27-24(30)33-14-20-18-10-3-1-8-16(18)17-9-2-4-11-19(17)20/h1-5,7-11,13,20H,6,12,14H2,(H2,26,28)(H,27,30). The predicted molar refractivity (Wildman–Crippen MR) is 127 cm³/mol. The first-order valence-corrected chi connectivity index (χ1v) is 10.7. The van der Waals surface area contributed by atoms with Gasteiger partial charge in [-0.05, 0) is 28.7 Å². The van der Waals surface area contributed by atoms with Crippen LogP contribution in [0.3, 0.4) is 0 Å². The van der Waals surface area contributed by atoms with Gasteiger partial charge in [0.1, 0.15) is 11.8 Å². The Labute approximate surface area is 195 Å². The van der Waals surface area contributed by atoms with Gasteiger partial charge in [-0.15, -0.1) is 0 Å². The largest absolute Gasteiger partial charge is 0.449 e. The average molecular weight is 465 g/mol. The minimum Gasteiger partial charge on any atom is -0.449 e. The van der Waals surface area contributed by atoms with E-state index in [9.17, 15) is 14.9 Å². The molecule has 33 heavy (non-hydrogen) atoms. The van der Waals surface area contributed by atoms with Crippen LogP contribution < -0.4 is 11.1 Å². The van der Waals surface area contributed by atoms with E-state index in [0.29, 0.717) is 18.5 Å². The molecule has 1 aliphatic carbocycles. The minimum absolute atomic E-state index is 0.000930. The minimum atomic E-state index is -0.616. The van der Waals surface area contributed by atoms with Crippen LogP contribution in [0.4, 0.5) is 16.3 Å². The Kier molecular flexibility index (Phi) is 6.55. The Morgan fingerprint density at radius 3 is 2.45 bits per heavy atom. The van der Waals surface area contributed by atoms with Crippen molar-refractivity contribution in [2.75, 3.05) is 18.9 Å². The van der Waals surface area contributed by atoms with Crippen molar-refractivity contribution in [2.24, 2.45) is 0 Å². The zero-order chi connectivity index (χ0) is 23.4. The number of alkyl carbamates (subject to hydrolysis) is 1. The molecule has 1 heterocycles. The number of halogens is 1. The fourth-order valence-corrected chi connectivity index (χ4v) is 4.10. The van der Waals surface area contributed by atoms with Gasteiger partial charge in [-0.3, -0.25) is 10.1 Å². The molecule has 0 saturated heterocycles. The Morgan fingerprint density at radius 2 is 1.82 bits per heavy atom. The molecule has 8 nitrogen and oxygen atoms in total. The Hall–Kier alpha value is -3.91. The van der Waals surface area contributed by atoms with E-state index < -0.39 is 11.0 Å². The number of carbonyl (C=O) groups is 1. The molecule has 1 aromatic heterocycles. The highest BCUT2D eigenvalue weighted by atomic mass is 35.5. The summed E-state index contributed by atoms with van der Waals surface area (Å²) in [5.41, 5.74) is 10.2. The van der Waals surface area contributed by atoms with Gasteiger partial charge in [0.2, 0.25) is 5.82 Å². The van der Waals surface area contributed by atoms with E-state index >= 15 is 0 Å². The number of nitrogens with two attached hydrogens (primary N) is 1. The van der Waals surface area contributed by atoms with Crippen molar-refractivity contribution in [3.8, 4) is 11.1 Å². The smallest absolute Gasteiger partial charge is 0.407 e. The summed E-state index contributed by atoms with van der Waals surface area (Å²) in [6.45, 7) is 0.571. The van der Waals surface area contributed by atoms with E-state index in [4.69, 9.17) is 22.1 Å². The van der Waals surface area contributed by atoms with Gasteiger partial charge in [-0.25, -0.2) is 9.78 Å². The molecule has 168 valence electrons.